The third-order valence-corrected chi connectivity index (χ3v) is 18.0. The fourth-order valence-corrected chi connectivity index (χ4v) is 15.0. The Morgan fingerprint density at radius 3 is 1.67 bits per heavy atom. The summed E-state index contributed by atoms with van der Waals surface area (Å²) in [7, 11) is 0. The number of fused-ring (bicyclic) bond motifs is 4. The quantitative estimate of drug-likeness (QED) is 0.179. The maximum atomic E-state index is 2.57. The summed E-state index contributed by atoms with van der Waals surface area (Å²) in [5.74, 6) is 3.32. The van der Waals surface area contributed by atoms with Crippen LogP contribution in [0, 0.1) is 23.7 Å². The van der Waals surface area contributed by atoms with Crippen molar-refractivity contribution in [1.82, 2.24) is 0 Å². The lowest BCUT2D eigenvalue weighted by Crippen LogP contribution is -2.44. The summed E-state index contributed by atoms with van der Waals surface area (Å²) >= 11 is 2.02. The number of hydrogen-bond acceptors (Lipinski definition) is 2. The molecule has 0 N–H and O–H groups in total. The molecule has 4 fully saturated rings. The Balaban J connectivity index is 1.07. The molecule has 4 bridgehead atoms. The highest BCUT2D eigenvalue weighted by atomic mass is 32.2. The SMILES string of the molecule is CC1(C)CCC(C)(C)c2cc(N(c3ccc(-c4cccc5c4C4(c6ccccc6S5)C5CC6CC(C5)C4C6)cc3)c3ccc4c(c3)C(C)(C)CCC4(C)C)ccc21. The van der Waals surface area contributed by atoms with Gasteiger partial charge in [0.05, 0.1) is 0 Å². The lowest BCUT2D eigenvalue weighted by molar-refractivity contribution is 0.181. The Morgan fingerprint density at radius 2 is 1.05 bits per heavy atom. The zero-order chi connectivity index (χ0) is 39.3. The molecule has 0 saturated heterocycles. The van der Waals surface area contributed by atoms with Crippen LogP contribution in [0.15, 0.2) is 113 Å². The van der Waals surface area contributed by atoms with Gasteiger partial charge in [-0.25, -0.2) is 0 Å². The Morgan fingerprint density at radius 1 is 0.491 bits per heavy atom. The second-order valence-electron chi connectivity index (χ2n) is 21.9. The van der Waals surface area contributed by atoms with Crippen molar-refractivity contribution >= 4 is 28.8 Å². The average molecular weight is 768 g/mol. The third-order valence-electron chi connectivity index (χ3n) is 16.8. The fourth-order valence-electron chi connectivity index (χ4n) is 13.7. The van der Waals surface area contributed by atoms with Crippen LogP contribution in [0.2, 0.25) is 0 Å². The molecule has 1 spiro atoms. The first-order valence-corrected chi connectivity index (χ1v) is 23.1. The van der Waals surface area contributed by atoms with Crippen molar-refractivity contribution in [2.75, 3.05) is 4.90 Å². The van der Waals surface area contributed by atoms with Crippen molar-refractivity contribution in [3.63, 3.8) is 0 Å². The first-order valence-electron chi connectivity index (χ1n) is 22.3. The van der Waals surface area contributed by atoms with Gasteiger partial charge in [0.1, 0.15) is 0 Å². The number of nitrogens with zero attached hydrogens (tertiary/aromatic N) is 1. The van der Waals surface area contributed by atoms with Gasteiger partial charge in [0.15, 0.2) is 0 Å². The van der Waals surface area contributed by atoms with Crippen LogP contribution in [0.5, 0.6) is 0 Å². The highest BCUT2D eigenvalue weighted by Gasteiger charge is 2.65. The predicted octanol–water partition coefficient (Wildman–Crippen LogP) is 15.3. The molecule has 57 heavy (non-hydrogen) atoms. The molecule has 4 saturated carbocycles. The topological polar surface area (TPSA) is 3.24 Å². The largest absolute Gasteiger partial charge is 0.310 e. The van der Waals surface area contributed by atoms with Crippen LogP contribution in [0.25, 0.3) is 11.1 Å². The molecule has 6 aliphatic carbocycles. The van der Waals surface area contributed by atoms with E-state index in [9.17, 15) is 0 Å². The molecule has 5 aromatic carbocycles. The van der Waals surface area contributed by atoms with Crippen LogP contribution in [-0.2, 0) is 27.1 Å². The number of anilines is 3. The molecule has 5 unspecified atom stereocenters. The monoisotopic (exact) mass is 767 g/mol. The molecule has 2 heteroatoms. The van der Waals surface area contributed by atoms with Crippen LogP contribution in [0.3, 0.4) is 0 Å². The van der Waals surface area contributed by atoms with Crippen LogP contribution < -0.4 is 4.90 Å². The Kier molecular flexibility index (Phi) is 7.75. The lowest BCUT2D eigenvalue weighted by atomic mass is 9.56. The summed E-state index contributed by atoms with van der Waals surface area (Å²) in [5, 5.41) is 0. The molecule has 0 aromatic heterocycles. The zero-order valence-electron chi connectivity index (χ0n) is 35.6. The van der Waals surface area contributed by atoms with Crippen molar-refractivity contribution in [1.29, 1.82) is 0 Å². The lowest BCUT2D eigenvalue weighted by Gasteiger charge is -2.50. The summed E-state index contributed by atoms with van der Waals surface area (Å²) < 4.78 is 0. The first-order chi connectivity index (χ1) is 27.2. The number of hydrogen-bond donors (Lipinski definition) is 0. The molecule has 1 heterocycles. The molecule has 1 nitrogen and oxygen atoms in total. The van der Waals surface area contributed by atoms with Crippen molar-refractivity contribution in [2.45, 2.75) is 144 Å². The van der Waals surface area contributed by atoms with E-state index in [1.54, 1.807) is 11.1 Å². The second-order valence-corrected chi connectivity index (χ2v) is 23.0. The minimum Gasteiger partial charge on any atom is -0.310 e. The minimum atomic E-state index is 0.129. The average Bonchev–Trinajstić information content (AvgIpc) is 3.60. The van der Waals surface area contributed by atoms with Gasteiger partial charge in [-0.1, -0.05) is 122 Å². The van der Waals surface area contributed by atoms with E-state index in [0.717, 1.165) is 23.7 Å². The Labute approximate surface area is 347 Å². The maximum absolute atomic E-state index is 2.57. The smallest absolute Gasteiger partial charge is 0.0464 e. The van der Waals surface area contributed by atoms with E-state index in [0.29, 0.717) is 0 Å². The van der Waals surface area contributed by atoms with E-state index in [2.05, 4.69) is 163 Å². The standard InChI is InChI=1S/C55H61NS/c1-51(2)24-26-53(5,6)46-32-39(20-22-42(46)51)56(40-21-23-43-47(33-40)54(7,8)27-25-52(43,3)4)38-18-16-35(17-19-38)41-12-11-15-49-50(41)55(44-13-9-10-14-48(44)57-49)37-29-34-28-36(31-37)45(55)30-34/h9-23,32-34,36-37,45H,24-31H2,1-8H3. The second kappa shape index (κ2) is 12.2. The molecular formula is C55H61NS. The van der Waals surface area contributed by atoms with Gasteiger partial charge in [0.25, 0.3) is 0 Å². The third kappa shape index (κ3) is 5.20. The van der Waals surface area contributed by atoms with Crippen molar-refractivity contribution in [3.8, 4) is 11.1 Å². The summed E-state index contributed by atoms with van der Waals surface area (Å²) in [6.45, 7) is 19.6. The van der Waals surface area contributed by atoms with Crippen molar-refractivity contribution < 1.29 is 0 Å². The number of benzene rings is 5. The Hall–Kier alpha value is -3.75. The maximum Gasteiger partial charge on any atom is 0.0464 e. The van der Waals surface area contributed by atoms with Gasteiger partial charge < -0.3 is 4.90 Å². The van der Waals surface area contributed by atoms with Crippen LogP contribution in [0.4, 0.5) is 17.1 Å². The van der Waals surface area contributed by atoms with Gasteiger partial charge >= 0.3 is 0 Å². The van der Waals surface area contributed by atoms with E-state index in [-0.39, 0.29) is 27.1 Å². The predicted molar refractivity (Wildman–Crippen MR) is 241 cm³/mol. The highest BCUT2D eigenvalue weighted by molar-refractivity contribution is 7.99. The minimum absolute atomic E-state index is 0.129. The van der Waals surface area contributed by atoms with E-state index in [1.165, 1.54) is 112 Å². The van der Waals surface area contributed by atoms with Crippen LogP contribution in [0.1, 0.15) is 140 Å². The highest BCUT2D eigenvalue weighted by Crippen LogP contribution is 2.73. The van der Waals surface area contributed by atoms with Gasteiger partial charge in [-0.15, -0.1) is 0 Å². The normalized spacial score (nSPS) is 28.7. The summed E-state index contributed by atoms with van der Waals surface area (Å²) in [6.07, 6.45) is 10.5. The van der Waals surface area contributed by atoms with E-state index < -0.39 is 0 Å². The van der Waals surface area contributed by atoms with Gasteiger partial charge in [-0.3, -0.25) is 0 Å². The van der Waals surface area contributed by atoms with E-state index in [1.807, 2.05) is 11.8 Å². The summed E-state index contributed by atoms with van der Waals surface area (Å²) in [6, 6.07) is 41.4. The molecule has 0 radical (unpaired) electrons. The van der Waals surface area contributed by atoms with Gasteiger partial charge in [0, 0.05) is 32.3 Å². The van der Waals surface area contributed by atoms with Crippen LogP contribution >= 0.6 is 11.8 Å². The molecule has 0 amide bonds. The van der Waals surface area contributed by atoms with E-state index in [4.69, 9.17) is 0 Å². The molecule has 5 atom stereocenters. The van der Waals surface area contributed by atoms with E-state index >= 15 is 0 Å². The Bertz CT molecular complexity index is 2360. The molecule has 292 valence electrons. The molecule has 1 aliphatic heterocycles. The number of rotatable bonds is 4. The van der Waals surface area contributed by atoms with Gasteiger partial charge in [-0.2, -0.15) is 0 Å². The fraction of sp³-hybridized carbons (Fsp3) is 0.455. The first kappa shape index (κ1) is 36.3. The summed E-state index contributed by atoms with van der Waals surface area (Å²) in [4.78, 5) is 5.56. The molecule has 12 rings (SSSR count). The van der Waals surface area contributed by atoms with Gasteiger partial charge in [0.2, 0.25) is 0 Å². The van der Waals surface area contributed by atoms with Gasteiger partial charge in [-0.05, 0) is 190 Å². The van der Waals surface area contributed by atoms with Crippen molar-refractivity contribution in [2.24, 2.45) is 23.7 Å². The summed E-state index contributed by atoms with van der Waals surface area (Å²) in [5.41, 5.74) is 16.7. The molecular weight excluding hydrogens is 707 g/mol. The zero-order valence-corrected chi connectivity index (χ0v) is 36.5. The van der Waals surface area contributed by atoms with Crippen LogP contribution in [-0.4, -0.2) is 0 Å². The van der Waals surface area contributed by atoms with Crippen molar-refractivity contribution in [3.05, 3.63) is 137 Å². The molecule has 7 aliphatic rings. The molecule has 5 aromatic rings.